The van der Waals surface area contributed by atoms with Gasteiger partial charge in [0.1, 0.15) is 0 Å². The molecule has 0 aliphatic carbocycles. The van der Waals surface area contributed by atoms with Crippen molar-refractivity contribution in [1.82, 2.24) is 5.32 Å². The zero-order valence-corrected chi connectivity index (χ0v) is 11.3. The molecule has 1 unspecified atom stereocenters. The zero-order valence-electron chi connectivity index (χ0n) is 10.5. The summed E-state index contributed by atoms with van der Waals surface area (Å²) in [4.78, 5) is 12.2. The molecule has 0 spiro atoms. The molecule has 0 saturated heterocycles. The van der Waals surface area contributed by atoms with Crippen molar-refractivity contribution in [3.63, 3.8) is 0 Å². The Morgan fingerprint density at radius 2 is 1.95 bits per heavy atom. The van der Waals surface area contributed by atoms with Crippen molar-refractivity contribution in [1.29, 1.82) is 0 Å². The quantitative estimate of drug-likeness (QED) is 0.859. The second-order valence-corrected chi connectivity index (χ2v) is 4.71. The Hall–Kier alpha value is -1.37. The van der Waals surface area contributed by atoms with E-state index in [4.69, 9.17) is 0 Å². The number of hydrogen-bond donors (Lipinski definition) is 1. The minimum Gasteiger partial charge on any atom is -0.440 e. The van der Waals surface area contributed by atoms with Crippen LogP contribution in [0.5, 0.6) is 0 Å². The average molecular weight is 293 g/mol. The van der Waals surface area contributed by atoms with Crippen LogP contribution in [0.3, 0.4) is 0 Å². The monoisotopic (exact) mass is 293 g/mol. The molecule has 1 amide bonds. The highest BCUT2D eigenvalue weighted by atomic mass is 32.2. The van der Waals surface area contributed by atoms with Gasteiger partial charge in [0.15, 0.2) is 6.61 Å². The summed E-state index contributed by atoms with van der Waals surface area (Å²) >= 11 is 1.58. The van der Waals surface area contributed by atoms with Crippen molar-refractivity contribution < 1.29 is 22.7 Å². The molecular weight excluding hydrogens is 279 g/mol. The minimum absolute atomic E-state index is 0.420. The smallest absolute Gasteiger partial charge is 0.422 e. The van der Waals surface area contributed by atoms with Crippen LogP contribution in [0.4, 0.5) is 18.0 Å². The van der Waals surface area contributed by atoms with Gasteiger partial charge in [-0.2, -0.15) is 13.2 Å². The first kappa shape index (κ1) is 15.7. The fraction of sp³-hybridized carbons (Fsp3) is 0.417. The lowest BCUT2D eigenvalue weighted by Gasteiger charge is -2.15. The Kier molecular flexibility index (Phi) is 5.53. The topological polar surface area (TPSA) is 38.3 Å². The molecule has 0 aliphatic heterocycles. The highest BCUT2D eigenvalue weighted by molar-refractivity contribution is 7.98. The van der Waals surface area contributed by atoms with Crippen molar-refractivity contribution in [3.8, 4) is 0 Å². The van der Waals surface area contributed by atoms with Crippen molar-refractivity contribution in [2.75, 3.05) is 12.9 Å². The lowest BCUT2D eigenvalue weighted by molar-refractivity contribution is -0.160. The fourth-order valence-electron chi connectivity index (χ4n) is 1.34. The van der Waals surface area contributed by atoms with Gasteiger partial charge in [0, 0.05) is 4.90 Å². The van der Waals surface area contributed by atoms with E-state index in [1.54, 1.807) is 30.8 Å². The molecule has 1 aromatic rings. The molecule has 0 saturated carbocycles. The van der Waals surface area contributed by atoms with Gasteiger partial charge in [-0.1, -0.05) is 12.1 Å². The van der Waals surface area contributed by atoms with Crippen LogP contribution in [0.15, 0.2) is 29.2 Å². The highest BCUT2D eigenvalue weighted by Crippen LogP contribution is 2.19. The van der Waals surface area contributed by atoms with E-state index < -0.39 is 24.9 Å². The van der Waals surface area contributed by atoms with Crippen molar-refractivity contribution in [2.45, 2.75) is 24.0 Å². The van der Waals surface area contributed by atoms with Crippen LogP contribution in [0.2, 0.25) is 0 Å². The van der Waals surface area contributed by atoms with Gasteiger partial charge in [-0.15, -0.1) is 11.8 Å². The number of carbonyl (C=O) groups is 1. The Bertz CT molecular complexity index is 420. The number of carbonyl (C=O) groups excluding carboxylic acids is 1. The summed E-state index contributed by atoms with van der Waals surface area (Å²) in [6.45, 7) is 0.0832. The maximum atomic E-state index is 11.9. The number of rotatable bonds is 4. The number of ether oxygens (including phenoxy) is 1. The molecule has 0 aliphatic rings. The number of alkyl halides is 3. The lowest BCUT2D eigenvalue weighted by Crippen LogP contribution is -2.30. The summed E-state index contributed by atoms with van der Waals surface area (Å²) < 4.78 is 39.6. The largest absolute Gasteiger partial charge is 0.440 e. The van der Waals surface area contributed by atoms with Gasteiger partial charge in [-0.05, 0) is 30.9 Å². The van der Waals surface area contributed by atoms with Gasteiger partial charge in [-0.25, -0.2) is 4.79 Å². The summed E-state index contributed by atoms with van der Waals surface area (Å²) in [6.07, 6.45) is -3.66. The second kappa shape index (κ2) is 6.70. The van der Waals surface area contributed by atoms with E-state index in [-0.39, 0.29) is 0 Å². The summed E-state index contributed by atoms with van der Waals surface area (Å²) in [5.74, 6) is 0. The van der Waals surface area contributed by atoms with Crippen molar-refractivity contribution >= 4 is 17.9 Å². The van der Waals surface area contributed by atoms with Gasteiger partial charge < -0.3 is 10.1 Å². The van der Waals surface area contributed by atoms with E-state index >= 15 is 0 Å². The summed E-state index contributed by atoms with van der Waals surface area (Å²) in [5, 5.41) is 2.34. The first-order chi connectivity index (χ1) is 8.81. The number of benzene rings is 1. The summed E-state index contributed by atoms with van der Waals surface area (Å²) in [7, 11) is 0. The van der Waals surface area contributed by atoms with Gasteiger partial charge >= 0.3 is 12.3 Å². The third-order valence-electron chi connectivity index (χ3n) is 2.32. The van der Waals surface area contributed by atoms with Gasteiger partial charge in [0.05, 0.1) is 6.04 Å². The molecule has 7 heteroatoms. The summed E-state index contributed by atoms with van der Waals surface area (Å²) in [5.41, 5.74) is 0.793. The van der Waals surface area contributed by atoms with Crippen LogP contribution in [0.25, 0.3) is 0 Å². The van der Waals surface area contributed by atoms with Crippen LogP contribution in [-0.4, -0.2) is 25.1 Å². The van der Waals surface area contributed by atoms with Gasteiger partial charge in [0.2, 0.25) is 0 Å². The van der Waals surface area contributed by atoms with Crippen molar-refractivity contribution in [3.05, 3.63) is 29.8 Å². The molecule has 1 atom stereocenters. The standard InChI is InChI=1S/C12H14F3NO2S/c1-8(9-3-5-10(19-2)6-4-9)16-11(17)18-7-12(13,14)15/h3-6,8H,7H2,1-2H3,(H,16,17). The Labute approximate surface area is 113 Å². The third kappa shape index (κ3) is 5.87. The van der Waals surface area contributed by atoms with Crippen molar-refractivity contribution in [2.24, 2.45) is 0 Å². The average Bonchev–Trinajstić information content (AvgIpc) is 2.35. The van der Waals surface area contributed by atoms with E-state index in [0.717, 1.165) is 10.5 Å². The minimum atomic E-state index is -4.51. The third-order valence-corrected chi connectivity index (χ3v) is 3.06. The molecule has 0 heterocycles. The molecular formula is C12H14F3NO2S. The Morgan fingerprint density at radius 3 is 2.42 bits per heavy atom. The van der Waals surface area contributed by atoms with Crippen LogP contribution < -0.4 is 5.32 Å². The molecule has 1 rings (SSSR count). The normalized spacial score (nSPS) is 12.9. The molecule has 0 radical (unpaired) electrons. The van der Waals surface area contributed by atoms with E-state index in [2.05, 4.69) is 10.1 Å². The first-order valence-corrected chi connectivity index (χ1v) is 6.68. The fourth-order valence-corrected chi connectivity index (χ4v) is 1.75. The number of nitrogens with one attached hydrogen (secondary N) is 1. The maximum absolute atomic E-state index is 11.9. The van der Waals surface area contributed by atoms with Crippen LogP contribution in [-0.2, 0) is 4.74 Å². The Morgan fingerprint density at radius 1 is 1.37 bits per heavy atom. The van der Waals surface area contributed by atoms with E-state index in [0.29, 0.717) is 0 Å². The molecule has 0 aromatic heterocycles. The van der Waals surface area contributed by atoms with E-state index in [1.165, 1.54) is 0 Å². The molecule has 1 N–H and O–H groups in total. The van der Waals surface area contributed by atoms with Crippen LogP contribution in [0.1, 0.15) is 18.5 Å². The predicted molar refractivity (Wildman–Crippen MR) is 67.2 cm³/mol. The maximum Gasteiger partial charge on any atom is 0.422 e. The van der Waals surface area contributed by atoms with Crippen LogP contribution in [0, 0.1) is 0 Å². The summed E-state index contributed by atoms with van der Waals surface area (Å²) in [6, 6.07) is 6.94. The van der Waals surface area contributed by atoms with Gasteiger partial charge in [-0.3, -0.25) is 0 Å². The van der Waals surface area contributed by atoms with E-state index in [1.807, 2.05) is 18.4 Å². The first-order valence-electron chi connectivity index (χ1n) is 5.46. The molecule has 19 heavy (non-hydrogen) atoms. The zero-order chi connectivity index (χ0) is 14.5. The number of alkyl carbamates (subject to hydrolysis) is 1. The van der Waals surface area contributed by atoms with Crippen LogP contribution >= 0.6 is 11.8 Å². The molecule has 106 valence electrons. The number of thioether (sulfide) groups is 1. The Balaban J connectivity index is 2.49. The number of amides is 1. The number of hydrogen-bond acceptors (Lipinski definition) is 3. The molecule has 1 aromatic carbocycles. The highest BCUT2D eigenvalue weighted by Gasteiger charge is 2.29. The second-order valence-electron chi connectivity index (χ2n) is 3.83. The SMILES string of the molecule is CSc1ccc(C(C)NC(=O)OCC(F)(F)F)cc1. The lowest BCUT2D eigenvalue weighted by atomic mass is 10.1. The van der Waals surface area contributed by atoms with Gasteiger partial charge in [0.25, 0.3) is 0 Å². The molecule has 0 bridgehead atoms. The van der Waals surface area contributed by atoms with E-state index in [9.17, 15) is 18.0 Å². The number of halogens is 3. The molecule has 3 nitrogen and oxygen atoms in total. The molecule has 0 fully saturated rings. The predicted octanol–water partition coefficient (Wildman–Crippen LogP) is 3.76.